The van der Waals surface area contributed by atoms with E-state index in [1.165, 1.54) is 0 Å². The van der Waals surface area contributed by atoms with Crippen molar-refractivity contribution in [1.29, 1.82) is 0 Å². The number of aromatic nitrogens is 2. The fourth-order valence-corrected chi connectivity index (χ4v) is 2.70. The number of halogens is 1. The van der Waals surface area contributed by atoms with Gasteiger partial charge in [-0.3, -0.25) is 4.57 Å². The molecule has 3 rings (SSSR count). The van der Waals surface area contributed by atoms with Gasteiger partial charge in [0.15, 0.2) is 0 Å². The summed E-state index contributed by atoms with van der Waals surface area (Å²) < 4.78 is 7.18. The summed E-state index contributed by atoms with van der Waals surface area (Å²) in [4.78, 5) is 4.40. The Morgan fingerprint density at radius 1 is 1.20 bits per heavy atom. The van der Waals surface area contributed by atoms with Crippen LogP contribution < -0.4 is 10.5 Å². The monoisotopic (exact) mass is 287 g/mol. The van der Waals surface area contributed by atoms with E-state index in [0.29, 0.717) is 16.7 Å². The van der Waals surface area contributed by atoms with E-state index in [9.17, 15) is 0 Å². The predicted molar refractivity (Wildman–Crippen MR) is 81.8 cm³/mol. The molecule has 2 aromatic carbocycles. The smallest absolute Gasteiger partial charge is 0.206 e. The Hall–Kier alpha value is -2.20. The third-order valence-corrected chi connectivity index (χ3v) is 3.61. The fourth-order valence-electron chi connectivity index (χ4n) is 2.40. The van der Waals surface area contributed by atoms with Crippen molar-refractivity contribution in [3.05, 3.63) is 47.0 Å². The standard InChI is InChI=1S/C15H14ClN3O/c1-9-5-3-6-10(16)14(9)19-11-7-4-8-12(20-2)13(11)18-15(19)17/h3-8H,1-2H3,(H2,17,18). The quantitative estimate of drug-likeness (QED) is 0.784. The number of anilines is 1. The molecule has 1 aromatic heterocycles. The number of nitrogens with zero attached hydrogens (tertiary/aromatic N) is 2. The van der Waals surface area contributed by atoms with Crippen LogP contribution in [0.15, 0.2) is 36.4 Å². The van der Waals surface area contributed by atoms with Crippen molar-refractivity contribution in [3.8, 4) is 11.4 Å². The van der Waals surface area contributed by atoms with Gasteiger partial charge in [0, 0.05) is 0 Å². The predicted octanol–water partition coefficient (Wildman–Crippen LogP) is 3.58. The Morgan fingerprint density at radius 3 is 2.65 bits per heavy atom. The molecular formula is C15H14ClN3O. The van der Waals surface area contributed by atoms with Crippen LogP contribution in [0.5, 0.6) is 5.75 Å². The molecule has 0 aliphatic rings. The second-order valence-corrected chi connectivity index (χ2v) is 4.95. The van der Waals surface area contributed by atoms with E-state index in [1.807, 2.05) is 47.9 Å². The van der Waals surface area contributed by atoms with Crippen molar-refractivity contribution in [1.82, 2.24) is 9.55 Å². The van der Waals surface area contributed by atoms with Crippen LogP contribution in [-0.4, -0.2) is 16.7 Å². The molecule has 0 aliphatic carbocycles. The highest BCUT2D eigenvalue weighted by atomic mass is 35.5. The van der Waals surface area contributed by atoms with Crippen molar-refractivity contribution in [2.24, 2.45) is 0 Å². The van der Waals surface area contributed by atoms with Gasteiger partial charge in [0.1, 0.15) is 11.3 Å². The van der Waals surface area contributed by atoms with Crippen molar-refractivity contribution in [2.45, 2.75) is 6.92 Å². The summed E-state index contributed by atoms with van der Waals surface area (Å²) in [5.74, 6) is 1.08. The van der Waals surface area contributed by atoms with Crippen molar-refractivity contribution >= 4 is 28.6 Å². The van der Waals surface area contributed by atoms with E-state index < -0.39 is 0 Å². The Bertz CT molecular complexity index is 775. The molecule has 0 atom stereocenters. The number of para-hydroxylation sites is 2. The summed E-state index contributed by atoms with van der Waals surface area (Å²) in [7, 11) is 1.62. The number of hydrogen-bond donors (Lipinski definition) is 1. The molecule has 20 heavy (non-hydrogen) atoms. The summed E-state index contributed by atoms with van der Waals surface area (Å²) >= 11 is 6.33. The van der Waals surface area contributed by atoms with Gasteiger partial charge < -0.3 is 10.5 Å². The molecule has 0 spiro atoms. The first-order valence-corrected chi connectivity index (χ1v) is 6.57. The molecule has 3 aromatic rings. The average molecular weight is 288 g/mol. The van der Waals surface area contributed by atoms with Crippen LogP contribution in [0.2, 0.25) is 5.02 Å². The lowest BCUT2D eigenvalue weighted by atomic mass is 10.2. The molecule has 0 bridgehead atoms. The SMILES string of the molecule is COc1cccc2c1nc(N)n2-c1c(C)cccc1Cl. The van der Waals surface area contributed by atoms with Gasteiger partial charge >= 0.3 is 0 Å². The third-order valence-electron chi connectivity index (χ3n) is 3.31. The minimum Gasteiger partial charge on any atom is -0.494 e. The number of benzene rings is 2. The molecule has 0 radical (unpaired) electrons. The van der Waals surface area contributed by atoms with Gasteiger partial charge in [-0.2, -0.15) is 0 Å². The summed E-state index contributed by atoms with van der Waals surface area (Å²) in [6.07, 6.45) is 0. The number of rotatable bonds is 2. The van der Waals surface area contributed by atoms with Crippen LogP contribution >= 0.6 is 11.6 Å². The van der Waals surface area contributed by atoms with E-state index in [1.54, 1.807) is 7.11 Å². The zero-order valence-electron chi connectivity index (χ0n) is 11.2. The molecule has 4 nitrogen and oxygen atoms in total. The van der Waals surface area contributed by atoms with Crippen LogP contribution in [-0.2, 0) is 0 Å². The van der Waals surface area contributed by atoms with Crippen LogP contribution in [0, 0.1) is 6.92 Å². The highest BCUT2D eigenvalue weighted by Gasteiger charge is 2.16. The van der Waals surface area contributed by atoms with Crippen LogP contribution in [0.25, 0.3) is 16.7 Å². The minimum atomic E-state index is 0.390. The number of imidazole rings is 1. The molecule has 2 N–H and O–H groups in total. The van der Waals surface area contributed by atoms with Gasteiger partial charge in [-0.1, -0.05) is 29.8 Å². The summed E-state index contributed by atoms with van der Waals surface area (Å²) in [6, 6.07) is 11.5. The lowest BCUT2D eigenvalue weighted by Crippen LogP contribution is -2.03. The average Bonchev–Trinajstić information content (AvgIpc) is 2.75. The molecular weight excluding hydrogens is 274 g/mol. The molecule has 0 amide bonds. The fraction of sp³-hybridized carbons (Fsp3) is 0.133. The second kappa shape index (κ2) is 4.72. The maximum atomic E-state index is 6.33. The lowest BCUT2D eigenvalue weighted by Gasteiger charge is -2.12. The van der Waals surface area contributed by atoms with Gasteiger partial charge in [-0.15, -0.1) is 0 Å². The van der Waals surface area contributed by atoms with Crippen molar-refractivity contribution in [3.63, 3.8) is 0 Å². The summed E-state index contributed by atoms with van der Waals surface area (Å²) in [5, 5.41) is 0.638. The number of nitrogen functional groups attached to an aromatic ring is 1. The van der Waals surface area contributed by atoms with Gasteiger partial charge in [-0.05, 0) is 30.7 Å². The molecule has 0 saturated carbocycles. The van der Waals surface area contributed by atoms with E-state index in [4.69, 9.17) is 22.1 Å². The topological polar surface area (TPSA) is 53.1 Å². The number of methoxy groups -OCH3 is 1. The first-order chi connectivity index (χ1) is 9.63. The molecule has 5 heteroatoms. The van der Waals surface area contributed by atoms with Gasteiger partial charge in [0.2, 0.25) is 5.95 Å². The highest BCUT2D eigenvalue weighted by Crippen LogP contribution is 2.33. The molecule has 0 fully saturated rings. The maximum absolute atomic E-state index is 6.33. The molecule has 0 aliphatic heterocycles. The van der Waals surface area contributed by atoms with E-state index >= 15 is 0 Å². The van der Waals surface area contributed by atoms with Gasteiger partial charge in [-0.25, -0.2) is 4.98 Å². The number of aryl methyl sites for hydroxylation is 1. The lowest BCUT2D eigenvalue weighted by molar-refractivity contribution is 0.419. The first-order valence-electron chi connectivity index (χ1n) is 6.20. The van der Waals surface area contributed by atoms with E-state index in [0.717, 1.165) is 22.3 Å². The van der Waals surface area contributed by atoms with Gasteiger partial charge in [0.25, 0.3) is 0 Å². The molecule has 0 unspecified atom stereocenters. The minimum absolute atomic E-state index is 0.390. The van der Waals surface area contributed by atoms with E-state index in [2.05, 4.69) is 4.98 Å². The number of fused-ring (bicyclic) bond motifs is 1. The molecule has 102 valence electrons. The number of ether oxygens (including phenoxy) is 1. The highest BCUT2D eigenvalue weighted by molar-refractivity contribution is 6.32. The third kappa shape index (κ3) is 1.80. The zero-order chi connectivity index (χ0) is 14.3. The van der Waals surface area contributed by atoms with Crippen LogP contribution in [0.4, 0.5) is 5.95 Å². The summed E-state index contributed by atoms with van der Waals surface area (Å²) in [5.41, 5.74) is 9.57. The van der Waals surface area contributed by atoms with Gasteiger partial charge in [0.05, 0.1) is 23.3 Å². The first kappa shape index (κ1) is 12.8. The summed E-state index contributed by atoms with van der Waals surface area (Å²) in [6.45, 7) is 1.99. The zero-order valence-corrected chi connectivity index (χ0v) is 12.0. The Balaban J connectivity index is 2.40. The maximum Gasteiger partial charge on any atom is 0.206 e. The second-order valence-electron chi connectivity index (χ2n) is 4.54. The Morgan fingerprint density at radius 2 is 1.95 bits per heavy atom. The van der Waals surface area contributed by atoms with Crippen molar-refractivity contribution in [2.75, 3.05) is 12.8 Å². The van der Waals surface area contributed by atoms with Crippen LogP contribution in [0.1, 0.15) is 5.56 Å². The molecule has 1 heterocycles. The number of hydrogen-bond acceptors (Lipinski definition) is 3. The Kier molecular flexibility index (Phi) is 3.03. The molecule has 0 saturated heterocycles. The van der Waals surface area contributed by atoms with E-state index in [-0.39, 0.29) is 0 Å². The Labute approximate surface area is 121 Å². The van der Waals surface area contributed by atoms with Crippen molar-refractivity contribution < 1.29 is 4.74 Å². The largest absolute Gasteiger partial charge is 0.494 e. The van der Waals surface area contributed by atoms with Crippen LogP contribution in [0.3, 0.4) is 0 Å². The normalized spacial score (nSPS) is 10.9. The number of nitrogens with two attached hydrogens (primary N) is 1.